The second kappa shape index (κ2) is 3.45. The Morgan fingerprint density at radius 2 is 2.00 bits per heavy atom. The Morgan fingerprint density at radius 3 is 2.57 bits per heavy atom. The lowest BCUT2D eigenvalue weighted by atomic mass is 10.2. The zero-order chi connectivity index (χ0) is 9.97. The standard InChI is InChI=1S/C9H11N5/c1-14-3-2-11-8(14)4-7-5-12-9(10)13-6-7/h2-3,5-6H,4H2,1H3,(H2,10,12,13). The molecule has 0 aliphatic rings. The summed E-state index contributed by atoms with van der Waals surface area (Å²) in [7, 11) is 1.96. The third-order valence-corrected chi connectivity index (χ3v) is 2.01. The third-order valence-electron chi connectivity index (χ3n) is 2.01. The summed E-state index contributed by atoms with van der Waals surface area (Å²) in [5.41, 5.74) is 6.39. The minimum absolute atomic E-state index is 0.300. The Kier molecular flexibility index (Phi) is 2.14. The molecule has 0 atom stereocenters. The van der Waals surface area contributed by atoms with Crippen molar-refractivity contribution in [3.8, 4) is 0 Å². The van der Waals surface area contributed by atoms with E-state index in [4.69, 9.17) is 5.73 Å². The van der Waals surface area contributed by atoms with Gasteiger partial charge in [-0.15, -0.1) is 0 Å². The highest BCUT2D eigenvalue weighted by Gasteiger charge is 2.01. The number of nitrogen functional groups attached to an aromatic ring is 1. The summed E-state index contributed by atoms with van der Waals surface area (Å²) in [5, 5.41) is 0. The van der Waals surface area contributed by atoms with E-state index in [2.05, 4.69) is 15.0 Å². The molecule has 2 N–H and O–H groups in total. The Hall–Kier alpha value is -1.91. The van der Waals surface area contributed by atoms with Crippen molar-refractivity contribution in [3.63, 3.8) is 0 Å². The quantitative estimate of drug-likeness (QED) is 0.741. The average Bonchev–Trinajstić information content (AvgIpc) is 2.56. The molecule has 5 nitrogen and oxygen atoms in total. The van der Waals surface area contributed by atoms with Crippen molar-refractivity contribution in [2.75, 3.05) is 5.73 Å². The second-order valence-electron chi connectivity index (χ2n) is 3.08. The molecule has 0 aromatic carbocycles. The fourth-order valence-corrected chi connectivity index (χ4v) is 1.21. The maximum Gasteiger partial charge on any atom is 0.219 e. The minimum atomic E-state index is 0.300. The first kappa shape index (κ1) is 8.68. The number of hydrogen-bond acceptors (Lipinski definition) is 4. The van der Waals surface area contributed by atoms with Crippen molar-refractivity contribution in [2.45, 2.75) is 6.42 Å². The molecule has 0 saturated heterocycles. The lowest BCUT2D eigenvalue weighted by Crippen LogP contribution is -2.01. The molecular weight excluding hydrogens is 178 g/mol. The number of aryl methyl sites for hydroxylation is 1. The maximum absolute atomic E-state index is 5.39. The topological polar surface area (TPSA) is 69.6 Å². The van der Waals surface area contributed by atoms with Gasteiger partial charge in [-0.25, -0.2) is 15.0 Å². The number of nitrogens with zero attached hydrogens (tertiary/aromatic N) is 4. The number of hydrogen-bond donors (Lipinski definition) is 1. The number of aromatic nitrogens is 4. The van der Waals surface area contributed by atoms with Crippen LogP contribution in [0.15, 0.2) is 24.8 Å². The zero-order valence-corrected chi connectivity index (χ0v) is 7.88. The lowest BCUT2D eigenvalue weighted by Gasteiger charge is -2.01. The summed E-state index contributed by atoms with van der Waals surface area (Å²) in [6.45, 7) is 0. The largest absolute Gasteiger partial charge is 0.368 e. The van der Waals surface area contributed by atoms with Crippen LogP contribution in [0.4, 0.5) is 5.95 Å². The van der Waals surface area contributed by atoms with Crippen LogP contribution in [0, 0.1) is 0 Å². The highest BCUT2D eigenvalue weighted by Crippen LogP contribution is 2.04. The maximum atomic E-state index is 5.39. The van der Waals surface area contributed by atoms with Crippen molar-refractivity contribution in [1.82, 2.24) is 19.5 Å². The summed E-state index contributed by atoms with van der Waals surface area (Å²) < 4.78 is 1.97. The SMILES string of the molecule is Cn1ccnc1Cc1cnc(N)nc1. The molecule has 0 saturated carbocycles. The van der Waals surface area contributed by atoms with E-state index in [0.717, 1.165) is 17.8 Å². The van der Waals surface area contributed by atoms with Gasteiger partial charge in [-0.2, -0.15) is 0 Å². The molecule has 2 heterocycles. The molecule has 72 valence electrons. The van der Waals surface area contributed by atoms with E-state index in [1.54, 1.807) is 18.6 Å². The van der Waals surface area contributed by atoms with Crippen LogP contribution < -0.4 is 5.73 Å². The van der Waals surface area contributed by atoms with Gasteiger partial charge in [-0.3, -0.25) is 0 Å². The van der Waals surface area contributed by atoms with Gasteiger partial charge in [0.05, 0.1) is 0 Å². The van der Waals surface area contributed by atoms with Gasteiger partial charge in [-0.05, 0) is 5.56 Å². The summed E-state index contributed by atoms with van der Waals surface area (Å²) in [5.74, 6) is 1.28. The molecule has 2 aromatic heterocycles. The van der Waals surface area contributed by atoms with Gasteiger partial charge in [-0.1, -0.05) is 0 Å². The first-order chi connectivity index (χ1) is 6.75. The fraction of sp³-hybridized carbons (Fsp3) is 0.222. The summed E-state index contributed by atoms with van der Waals surface area (Å²) in [6.07, 6.45) is 7.85. The van der Waals surface area contributed by atoms with Crippen LogP contribution in [-0.4, -0.2) is 19.5 Å². The van der Waals surface area contributed by atoms with Crippen molar-refractivity contribution in [1.29, 1.82) is 0 Å². The molecule has 0 unspecified atom stereocenters. The third kappa shape index (κ3) is 1.71. The van der Waals surface area contributed by atoms with Crippen LogP contribution in [0.1, 0.15) is 11.4 Å². The molecular formula is C9H11N5. The van der Waals surface area contributed by atoms with Gasteiger partial charge in [0.25, 0.3) is 0 Å². The van der Waals surface area contributed by atoms with Crippen LogP contribution in [0.5, 0.6) is 0 Å². The zero-order valence-electron chi connectivity index (χ0n) is 7.88. The molecule has 2 rings (SSSR count). The highest BCUT2D eigenvalue weighted by atomic mass is 15.0. The number of rotatable bonds is 2. The predicted molar refractivity (Wildman–Crippen MR) is 52.5 cm³/mol. The van der Waals surface area contributed by atoms with E-state index in [1.165, 1.54) is 0 Å². The van der Waals surface area contributed by atoms with Gasteiger partial charge in [0, 0.05) is 38.3 Å². The second-order valence-corrected chi connectivity index (χ2v) is 3.08. The molecule has 2 aromatic rings. The van der Waals surface area contributed by atoms with E-state index < -0.39 is 0 Å². The Labute approximate surface area is 81.6 Å². The van der Waals surface area contributed by atoms with Crippen LogP contribution in [0.3, 0.4) is 0 Å². The smallest absolute Gasteiger partial charge is 0.219 e. The molecule has 14 heavy (non-hydrogen) atoms. The molecule has 0 bridgehead atoms. The predicted octanol–water partition coefficient (Wildman–Crippen LogP) is 0.383. The highest BCUT2D eigenvalue weighted by molar-refractivity contribution is 5.19. The van der Waals surface area contributed by atoms with Crippen molar-refractivity contribution in [3.05, 3.63) is 36.2 Å². The molecule has 5 heteroatoms. The monoisotopic (exact) mass is 189 g/mol. The lowest BCUT2D eigenvalue weighted by molar-refractivity contribution is 0.818. The molecule has 0 amide bonds. The van der Waals surface area contributed by atoms with Crippen LogP contribution in [-0.2, 0) is 13.5 Å². The molecule has 0 fully saturated rings. The van der Waals surface area contributed by atoms with Gasteiger partial charge in [0.2, 0.25) is 5.95 Å². The van der Waals surface area contributed by atoms with Crippen LogP contribution in [0.2, 0.25) is 0 Å². The summed E-state index contributed by atoms with van der Waals surface area (Å²) in [4.78, 5) is 12.0. The fourth-order valence-electron chi connectivity index (χ4n) is 1.21. The number of anilines is 1. The van der Waals surface area contributed by atoms with Crippen molar-refractivity contribution in [2.24, 2.45) is 7.05 Å². The van der Waals surface area contributed by atoms with E-state index in [0.29, 0.717) is 5.95 Å². The van der Waals surface area contributed by atoms with E-state index >= 15 is 0 Å². The van der Waals surface area contributed by atoms with Gasteiger partial charge in [0.1, 0.15) is 5.82 Å². The van der Waals surface area contributed by atoms with E-state index in [-0.39, 0.29) is 0 Å². The first-order valence-electron chi connectivity index (χ1n) is 4.28. The molecule has 0 aliphatic heterocycles. The molecule has 0 aliphatic carbocycles. The molecule has 0 radical (unpaired) electrons. The van der Waals surface area contributed by atoms with Crippen molar-refractivity contribution >= 4 is 5.95 Å². The Bertz CT molecular complexity index is 417. The number of imidazole rings is 1. The van der Waals surface area contributed by atoms with Crippen LogP contribution in [0.25, 0.3) is 0 Å². The Morgan fingerprint density at radius 1 is 1.29 bits per heavy atom. The summed E-state index contributed by atoms with van der Waals surface area (Å²) in [6, 6.07) is 0. The van der Waals surface area contributed by atoms with E-state index in [1.807, 2.05) is 17.8 Å². The molecule has 0 spiro atoms. The van der Waals surface area contributed by atoms with Gasteiger partial charge >= 0.3 is 0 Å². The minimum Gasteiger partial charge on any atom is -0.368 e. The average molecular weight is 189 g/mol. The summed E-state index contributed by atoms with van der Waals surface area (Å²) >= 11 is 0. The number of nitrogens with two attached hydrogens (primary N) is 1. The van der Waals surface area contributed by atoms with Crippen molar-refractivity contribution < 1.29 is 0 Å². The van der Waals surface area contributed by atoms with Gasteiger partial charge in [0.15, 0.2) is 0 Å². The normalized spacial score (nSPS) is 10.4. The van der Waals surface area contributed by atoms with Crippen LogP contribution >= 0.6 is 0 Å². The Balaban J connectivity index is 2.19. The van der Waals surface area contributed by atoms with E-state index in [9.17, 15) is 0 Å². The van der Waals surface area contributed by atoms with Gasteiger partial charge < -0.3 is 10.3 Å². The first-order valence-corrected chi connectivity index (χ1v) is 4.28.